The van der Waals surface area contributed by atoms with E-state index in [-0.39, 0.29) is 6.04 Å². The van der Waals surface area contributed by atoms with Gasteiger partial charge < -0.3 is 9.84 Å². The number of likely N-dealkylation sites (N-methyl/N-ethyl adjacent to an activating group) is 1. The molecule has 1 aliphatic rings. The van der Waals surface area contributed by atoms with E-state index >= 15 is 0 Å². The van der Waals surface area contributed by atoms with E-state index in [2.05, 4.69) is 45.6 Å². The van der Waals surface area contributed by atoms with Crippen molar-refractivity contribution in [2.24, 2.45) is 0 Å². The number of aromatic nitrogens is 2. The molecule has 0 amide bonds. The summed E-state index contributed by atoms with van der Waals surface area (Å²) in [7, 11) is 2.10. The van der Waals surface area contributed by atoms with E-state index in [0.29, 0.717) is 5.89 Å². The minimum absolute atomic E-state index is 0.186. The van der Waals surface area contributed by atoms with Gasteiger partial charge in [-0.15, -0.1) is 11.3 Å². The number of piperazine rings is 1. The number of nitrogens with one attached hydrogen (secondary N) is 1. The zero-order chi connectivity index (χ0) is 14.2. The topological polar surface area (TPSA) is 54.2 Å². The van der Waals surface area contributed by atoms with Crippen molar-refractivity contribution in [2.75, 3.05) is 26.7 Å². The van der Waals surface area contributed by atoms with Crippen LogP contribution in [0.1, 0.15) is 11.9 Å². The first-order chi connectivity index (χ1) is 10.3. The number of rotatable bonds is 2. The monoisotopic (exact) mass is 300 g/mol. The second-order valence-corrected chi connectivity index (χ2v) is 6.39. The highest BCUT2D eigenvalue weighted by molar-refractivity contribution is 7.22. The molecule has 5 nitrogen and oxygen atoms in total. The Balaban J connectivity index is 1.67. The summed E-state index contributed by atoms with van der Waals surface area (Å²) in [5.74, 6) is 1.38. The van der Waals surface area contributed by atoms with E-state index in [4.69, 9.17) is 4.52 Å². The second-order valence-electron chi connectivity index (χ2n) is 5.31. The molecule has 1 atom stereocenters. The van der Waals surface area contributed by atoms with Crippen LogP contribution in [0.5, 0.6) is 0 Å². The summed E-state index contributed by atoms with van der Waals surface area (Å²) in [5.41, 5.74) is 0. The number of benzene rings is 1. The van der Waals surface area contributed by atoms with Crippen molar-refractivity contribution in [3.05, 3.63) is 36.2 Å². The molecule has 21 heavy (non-hydrogen) atoms. The molecule has 108 valence electrons. The van der Waals surface area contributed by atoms with Crippen LogP contribution in [-0.2, 0) is 0 Å². The largest absolute Gasteiger partial charge is 0.333 e. The molecule has 2 aromatic heterocycles. The Morgan fingerprint density at radius 1 is 1.38 bits per heavy atom. The number of hydrogen-bond donors (Lipinski definition) is 1. The van der Waals surface area contributed by atoms with Crippen LogP contribution in [0.3, 0.4) is 0 Å². The third-order valence-corrected chi connectivity index (χ3v) is 4.99. The third-order valence-electron chi connectivity index (χ3n) is 3.89. The molecule has 0 spiro atoms. The highest BCUT2D eigenvalue weighted by atomic mass is 32.1. The normalized spacial score (nSPS) is 20.1. The van der Waals surface area contributed by atoms with Gasteiger partial charge in [0, 0.05) is 24.3 Å². The Labute approximate surface area is 126 Å². The fourth-order valence-corrected chi connectivity index (χ4v) is 3.64. The van der Waals surface area contributed by atoms with Gasteiger partial charge in [-0.2, -0.15) is 4.98 Å². The van der Waals surface area contributed by atoms with Gasteiger partial charge in [-0.1, -0.05) is 23.4 Å². The first kappa shape index (κ1) is 12.9. The molecule has 3 heterocycles. The van der Waals surface area contributed by atoms with Crippen LogP contribution >= 0.6 is 11.3 Å². The standard InChI is InChI=1S/C15H16N4OS/c1-19-7-6-16-9-11(19)14-17-15(20-18-14)13-8-10-4-2-3-5-12(10)21-13/h2-5,8,11,16H,6-7,9H2,1H3. The van der Waals surface area contributed by atoms with Crippen LogP contribution in [0.15, 0.2) is 34.9 Å². The van der Waals surface area contributed by atoms with Crippen molar-refractivity contribution in [3.63, 3.8) is 0 Å². The summed E-state index contributed by atoms with van der Waals surface area (Å²) in [6.07, 6.45) is 0. The minimum atomic E-state index is 0.186. The van der Waals surface area contributed by atoms with Crippen molar-refractivity contribution in [2.45, 2.75) is 6.04 Å². The molecule has 6 heteroatoms. The van der Waals surface area contributed by atoms with Crippen LogP contribution in [0, 0.1) is 0 Å². The maximum atomic E-state index is 5.48. The van der Waals surface area contributed by atoms with Crippen LogP contribution in [0.2, 0.25) is 0 Å². The number of fused-ring (bicyclic) bond motifs is 1. The van der Waals surface area contributed by atoms with Crippen molar-refractivity contribution in [1.82, 2.24) is 20.4 Å². The van der Waals surface area contributed by atoms with Gasteiger partial charge in [-0.3, -0.25) is 4.90 Å². The average molecular weight is 300 g/mol. The Bertz CT molecular complexity index is 733. The maximum absolute atomic E-state index is 5.48. The molecule has 1 saturated heterocycles. The fraction of sp³-hybridized carbons (Fsp3) is 0.333. The van der Waals surface area contributed by atoms with Crippen molar-refractivity contribution >= 4 is 21.4 Å². The van der Waals surface area contributed by atoms with Crippen LogP contribution < -0.4 is 5.32 Å². The van der Waals surface area contributed by atoms with Gasteiger partial charge in [0.05, 0.1) is 10.9 Å². The van der Waals surface area contributed by atoms with Crippen molar-refractivity contribution < 1.29 is 4.52 Å². The quantitative estimate of drug-likeness (QED) is 0.788. The summed E-state index contributed by atoms with van der Waals surface area (Å²) in [5, 5.41) is 8.77. The molecular formula is C15H16N4OS. The SMILES string of the molecule is CN1CCNCC1c1noc(-c2cc3ccccc3s2)n1. The molecule has 0 radical (unpaired) electrons. The van der Waals surface area contributed by atoms with E-state index in [0.717, 1.165) is 30.3 Å². The van der Waals surface area contributed by atoms with Crippen LogP contribution in [0.4, 0.5) is 0 Å². The highest BCUT2D eigenvalue weighted by Gasteiger charge is 2.25. The predicted octanol–water partition coefficient (Wildman–Crippen LogP) is 2.53. The molecule has 1 N–H and O–H groups in total. The predicted molar refractivity (Wildman–Crippen MR) is 83.4 cm³/mol. The van der Waals surface area contributed by atoms with Crippen molar-refractivity contribution in [3.8, 4) is 10.8 Å². The van der Waals surface area contributed by atoms with E-state index in [9.17, 15) is 0 Å². The number of nitrogens with zero attached hydrogens (tertiary/aromatic N) is 3. The average Bonchev–Trinajstić information content (AvgIpc) is 3.14. The van der Waals surface area contributed by atoms with Gasteiger partial charge in [0.15, 0.2) is 5.82 Å². The van der Waals surface area contributed by atoms with Gasteiger partial charge in [-0.05, 0) is 24.6 Å². The zero-order valence-electron chi connectivity index (χ0n) is 11.7. The van der Waals surface area contributed by atoms with Crippen LogP contribution in [-0.4, -0.2) is 41.7 Å². The van der Waals surface area contributed by atoms with E-state index in [1.807, 2.05) is 12.1 Å². The first-order valence-corrected chi connectivity index (χ1v) is 7.86. The minimum Gasteiger partial charge on any atom is -0.333 e. The Kier molecular flexibility index (Phi) is 3.21. The molecule has 1 aliphatic heterocycles. The Morgan fingerprint density at radius 2 is 2.29 bits per heavy atom. The van der Waals surface area contributed by atoms with Crippen molar-refractivity contribution in [1.29, 1.82) is 0 Å². The number of thiophene rings is 1. The zero-order valence-corrected chi connectivity index (χ0v) is 12.6. The first-order valence-electron chi connectivity index (χ1n) is 7.05. The lowest BCUT2D eigenvalue weighted by Gasteiger charge is -2.30. The lowest BCUT2D eigenvalue weighted by molar-refractivity contribution is 0.190. The summed E-state index contributed by atoms with van der Waals surface area (Å²) >= 11 is 1.69. The molecule has 1 aromatic carbocycles. The van der Waals surface area contributed by atoms with Gasteiger partial charge in [0.2, 0.25) is 0 Å². The highest BCUT2D eigenvalue weighted by Crippen LogP contribution is 2.33. The third kappa shape index (κ3) is 2.35. The van der Waals surface area contributed by atoms with E-state index < -0.39 is 0 Å². The Morgan fingerprint density at radius 3 is 3.14 bits per heavy atom. The summed E-state index contributed by atoms with van der Waals surface area (Å²) in [6.45, 7) is 2.87. The smallest absolute Gasteiger partial charge is 0.268 e. The van der Waals surface area contributed by atoms with E-state index in [1.165, 1.54) is 10.1 Å². The van der Waals surface area contributed by atoms with Gasteiger partial charge in [-0.25, -0.2) is 0 Å². The second kappa shape index (κ2) is 5.22. The molecule has 3 aromatic rings. The van der Waals surface area contributed by atoms with Gasteiger partial charge >= 0.3 is 0 Å². The maximum Gasteiger partial charge on any atom is 0.268 e. The fourth-order valence-electron chi connectivity index (χ4n) is 2.65. The lowest BCUT2D eigenvalue weighted by Crippen LogP contribution is -2.44. The molecule has 1 fully saturated rings. The molecule has 4 rings (SSSR count). The van der Waals surface area contributed by atoms with E-state index in [1.54, 1.807) is 11.3 Å². The summed E-state index contributed by atoms with van der Waals surface area (Å²) in [4.78, 5) is 7.89. The molecular weight excluding hydrogens is 284 g/mol. The Hall–Kier alpha value is -1.76. The molecule has 0 saturated carbocycles. The molecule has 1 unspecified atom stereocenters. The summed E-state index contributed by atoms with van der Waals surface area (Å²) in [6, 6.07) is 10.6. The van der Waals surface area contributed by atoms with Gasteiger partial charge in [0.1, 0.15) is 0 Å². The lowest BCUT2D eigenvalue weighted by atomic mass is 10.2. The van der Waals surface area contributed by atoms with Gasteiger partial charge in [0.25, 0.3) is 5.89 Å². The molecule has 0 bridgehead atoms. The molecule has 0 aliphatic carbocycles. The van der Waals surface area contributed by atoms with Crippen LogP contribution in [0.25, 0.3) is 20.9 Å². The number of hydrogen-bond acceptors (Lipinski definition) is 6. The summed E-state index contributed by atoms with van der Waals surface area (Å²) < 4.78 is 6.72.